The van der Waals surface area contributed by atoms with Crippen LogP contribution in [0.2, 0.25) is 5.15 Å². The van der Waals surface area contributed by atoms with Crippen molar-refractivity contribution in [2.24, 2.45) is 5.41 Å². The van der Waals surface area contributed by atoms with Gasteiger partial charge in [0.15, 0.2) is 38.9 Å². The van der Waals surface area contributed by atoms with Gasteiger partial charge in [-0.1, -0.05) is 24.4 Å². The Morgan fingerprint density at radius 1 is 1.31 bits per heavy atom. The van der Waals surface area contributed by atoms with Gasteiger partial charge < -0.3 is 33.7 Å². The van der Waals surface area contributed by atoms with Crippen molar-refractivity contribution in [2.75, 3.05) is 16.6 Å². The maximum atomic E-state index is 13.1. The van der Waals surface area contributed by atoms with Crippen LogP contribution in [-0.2, 0) is 42.7 Å². The molecule has 0 radical (unpaired) electrons. The SMILES string of the molecule is CC(OC(=O)C(C)(C)C)OP(=O)(O)CS(=O)(=O)C[C@H]1O[C@@H](n2ccc3c(NC4CCCC4)c(C#N)c(Cl)nc32)[C@@H]2OC(=O)O[C@@H]21. The van der Waals surface area contributed by atoms with Gasteiger partial charge in [0.05, 0.1) is 16.9 Å². The summed E-state index contributed by atoms with van der Waals surface area (Å²) in [5.41, 5.74) is -1.26. The highest BCUT2D eigenvalue weighted by molar-refractivity contribution is 7.97. The van der Waals surface area contributed by atoms with Crippen LogP contribution in [0.1, 0.15) is 65.2 Å². The molecule has 0 spiro atoms. The van der Waals surface area contributed by atoms with Crippen LogP contribution in [0, 0.1) is 16.7 Å². The number of anilines is 1. The molecule has 2 aromatic heterocycles. The number of halogens is 1. The largest absolute Gasteiger partial charge is 0.509 e. The zero-order valence-corrected chi connectivity index (χ0v) is 27.4. The van der Waals surface area contributed by atoms with Gasteiger partial charge in [0.1, 0.15) is 23.4 Å². The first-order valence-electron chi connectivity index (χ1n) is 14.3. The Balaban J connectivity index is 1.36. The number of aromatic nitrogens is 2. The Labute approximate surface area is 264 Å². The number of carbonyl (C=O) groups excluding carboxylic acids is 2. The van der Waals surface area contributed by atoms with Gasteiger partial charge >= 0.3 is 19.7 Å². The summed E-state index contributed by atoms with van der Waals surface area (Å²) in [5, 5.41) is 13.7. The normalized spacial score (nSPS) is 25.7. The van der Waals surface area contributed by atoms with E-state index in [0.717, 1.165) is 25.7 Å². The molecule has 45 heavy (non-hydrogen) atoms. The predicted molar refractivity (Wildman–Crippen MR) is 159 cm³/mol. The van der Waals surface area contributed by atoms with Crippen molar-refractivity contribution in [3.8, 4) is 6.07 Å². The number of ether oxygens (including phenoxy) is 4. The highest BCUT2D eigenvalue weighted by Gasteiger charge is 2.56. The van der Waals surface area contributed by atoms with E-state index in [-0.39, 0.29) is 16.8 Å². The van der Waals surface area contributed by atoms with E-state index < -0.39 is 77.0 Å². The van der Waals surface area contributed by atoms with Crippen LogP contribution in [0.3, 0.4) is 0 Å². The zero-order chi connectivity index (χ0) is 32.9. The van der Waals surface area contributed by atoms with Crippen LogP contribution in [0.5, 0.6) is 0 Å². The molecule has 3 fully saturated rings. The number of hydrogen-bond donors (Lipinski definition) is 2. The summed E-state index contributed by atoms with van der Waals surface area (Å²) in [6, 6.07) is 3.94. The summed E-state index contributed by atoms with van der Waals surface area (Å²) in [6.07, 6.45) is -1.65. The quantitative estimate of drug-likeness (QED) is 0.155. The van der Waals surface area contributed by atoms with Crippen molar-refractivity contribution in [2.45, 2.75) is 90.2 Å². The number of nitrogens with one attached hydrogen (secondary N) is 1. The lowest BCUT2D eigenvalue weighted by Crippen LogP contribution is -2.34. The topological polar surface area (TPSA) is 205 Å². The average Bonchev–Trinajstić information content (AvgIpc) is 3.68. The minimum absolute atomic E-state index is 0.0557. The lowest BCUT2D eigenvalue weighted by molar-refractivity contribution is -0.171. The number of nitriles is 1. The van der Waals surface area contributed by atoms with Crippen molar-refractivity contribution in [3.05, 3.63) is 23.0 Å². The van der Waals surface area contributed by atoms with Crippen LogP contribution >= 0.6 is 19.2 Å². The Morgan fingerprint density at radius 2 is 1.98 bits per heavy atom. The smallest absolute Gasteiger partial charge is 0.435 e. The monoisotopic (exact) mass is 688 g/mol. The second kappa shape index (κ2) is 12.4. The lowest BCUT2D eigenvalue weighted by atomic mass is 9.97. The van der Waals surface area contributed by atoms with Gasteiger partial charge in [-0.3, -0.25) is 13.9 Å². The Bertz CT molecular complexity index is 1700. The summed E-state index contributed by atoms with van der Waals surface area (Å²) < 4.78 is 67.0. The molecule has 1 saturated carbocycles. The van der Waals surface area contributed by atoms with Crippen LogP contribution in [-0.4, -0.2) is 76.9 Å². The molecule has 0 bridgehead atoms. The van der Waals surface area contributed by atoms with E-state index in [2.05, 4.69) is 16.4 Å². The van der Waals surface area contributed by atoms with Crippen molar-refractivity contribution in [1.29, 1.82) is 5.26 Å². The van der Waals surface area contributed by atoms with E-state index in [1.54, 1.807) is 33.0 Å². The third kappa shape index (κ3) is 7.24. The fourth-order valence-electron chi connectivity index (χ4n) is 5.62. The van der Waals surface area contributed by atoms with E-state index in [1.165, 1.54) is 11.5 Å². The van der Waals surface area contributed by atoms with Gasteiger partial charge in [0, 0.05) is 17.6 Å². The van der Waals surface area contributed by atoms with E-state index in [4.69, 9.17) is 35.1 Å². The second-order valence-corrected chi connectivity index (χ2v) is 17.0. The van der Waals surface area contributed by atoms with Gasteiger partial charge in [-0.25, -0.2) is 18.2 Å². The summed E-state index contributed by atoms with van der Waals surface area (Å²) in [7, 11) is -9.22. The van der Waals surface area contributed by atoms with Crippen molar-refractivity contribution in [1.82, 2.24) is 9.55 Å². The van der Waals surface area contributed by atoms with Crippen molar-refractivity contribution < 1.29 is 50.9 Å². The molecule has 2 saturated heterocycles. The first kappa shape index (κ1) is 33.4. The van der Waals surface area contributed by atoms with Crippen molar-refractivity contribution in [3.63, 3.8) is 0 Å². The van der Waals surface area contributed by atoms with Gasteiger partial charge in [-0.2, -0.15) is 5.26 Å². The maximum Gasteiger partial charge on any atom is 0.509 e. The van der Waals surface area contributed by atoms with Crippen LogP contribution < -0.4 is 5.32 Å². The number of pyridine rings is 1. The van der Waals surface area contributed by atoms with Crippen LogP contribution in [0.25, 0.3) is 11.0 Å². The molecule has 5 rings (SSSR count). The summed E-state index contributed by atoms with van der Waals surface area (Å²) >= 11 is 6.42. The number of carbonyl (C=O) groups is 2. The molecular formula is C27H34ClN4O11PS. The molecule has 15 nitrogen and oxygen atoms in total. The Hall–Kier alpha value is -2.93. The fourth-order valence-corrected chi connectivity index (χ4v) is 9.76. The minimum Gasteiger partial charge on any atom is -0.435 e. The Morgan fingerprint density at radius 3 is 2.62 bits per heavy atom. The molecule has 6 atom stereocenters. The van der Waals surface area contributed by atoms with E-state index in [1.807, 2.05) is 0 Å². The lowest BCUT2D eigenvalue weighted by Gasteiger charge is -2.23. The molecule has 18 heteroatoms. The molecular weight excluding hydrogens is 655 g/mol. The number of esters is 1. The molecule has 246 valence electrons. The molecule has 0 aromatic carbocycles. The summed E-state index contributed by atoms with van der Waals surface area (Å²) in [4.78, 5) is 38.9. The first-order valence-corrected chi connectivity index (χ1v) is 18.3. The van der Waals surface area contributed by atoms with Crippen LogP contribution in [0.15, 0.2) is 12.3 Å². The number of fused-ring (bicyclic) bond motifs is 2. The summed E-state index contributed by atoms with van der Waals surface area (Å²) in [6.45, 7) is 5.91. The summed E-state index contributed by atoms with van der Waals surface area (Å²) in [5.74, 6) is -1.54. The number of rotatable bonds is 10. The highest BCUT2D eigenvalue weighted by atomic mass is 35.5. The van der Waals surface area contributed by atoms with E-state index in [0.29, 0.717) is 16.7 Å². The van der Waals surface area contributed by atoms with Gasteiger partial charge in [-0.15, -0.1) is 0 Å². The van der Waals surface area contributed by atoms with Gasteiger partial charge in [0.2, 0.25) is 6.29 Å². The van der Waals surface area contributed by atoms with Gasteiger partial charge in [-0.05, 0) is 46.6 Å². The third-order valence-electron chi connectivity index (χ3n) is 7.63. The average molecular weight is 689 g/mol. The number of hydrogen-bond acceptors (Lipinski definition) is 13. The second-order valence-electron chi connectivity index (χ2n) is 12.3. The molecule has 2 unspecified atom stereocenters. The molecule has 2 aromatic rings. The van der Waals surface area contributed by atoms with E-state index >= 15 is 0 Å². The molecule has 2 N–H and O–H groups in total. The number of nitrogens with zero attached hydrogens (tertiary/aromatic N) is 3. The predicted octanol–water partition coefficient (Wildman–Crippen LogP) is 4.23. The molecule has 1 aliphatic carbocycles. The van der Waals surface area contributed by atoms with Crippen LogP contribution in [0.4, 0.5) is 10.5 Å². The Kier molecular flexibility index (Phi) is 9.18. The molecule has 3 aliphatic rings. The third-order valence-corrected chi connectivity index (χ3v) is 12.2. The molecule has 2 aliphatic heterocycles. The first-order chi connectivity index (χ1) is 21.0. The maximum absolute atomic E-state index is 13.1. The fraction of sp³-hybridized carbons (Fsp3) is 0.630. The standard InChI is InChI=1S/C27H34ClN4O11PS/c1-14(39-25(33)27(2,3)4)43-44(35,36)13-45(37,38)12-18-20-21(42-26(34)41-20)24(40-18)32-10-9-16-19(30-15-7-5-6-8-15)17(11-29)22(28)31-23(16)32/h9-10,14-15,18,20-21,24H,5-8,12-13H2,1-4H3,(H,30,31)(H,35,36)/t14?,18-,20-,21-,24-/m1/s1. The minimum atomic E-state index is -4.83. The highest BCUT2D eigenvalue weighted by Crippen LogP contribution is 2.47. The van der Waals surface area contributed by atoms with Gasteiger partial charge in [0.25, 0.3) is 0 Å². The molecule has 4 heterocycles. The molecule has 0 amide bonds. The number of sulfone groups is 1. The van der Waals surface area contributed by atoms with Crippen molar-refractivity contribution >= 4 is 57.9 Å². The zero-order valence-electron chi connectivity index (χ0n) is 25.0. The van der Waals surface area contributed by atoms with E-state index in [9.17, 15) is 32.7 Å².